The molecule has 43 heavy (non-hydrogen) atoms. The van der Waals surface area contributed by atoms with Crippen LogP contribution in [-0.4, -0.2) is 34.3 Å². The summed E-state index contributed by atoms with van der Waals surface area (Å²) in [5, 5.41) is 12.1. The SMILES string of the molecule is C=C(C)[C@@H]1C[C@@]23C(=O)[C@@]4(CC=C(C)CCC=C(C)C)C[C@@H]([C@H]2[C@H](O)C1(C)C)C(C)(C)[C@](C(=O)c1ccccc1)(C4=O)C3=O. The first-order valence-corrected chi connectivity index (χ1v) is 15.8. The van der Waals surface area contributed by atoms with Gasteiger partial charge in [-0.05, 0) is 82.5 Å². The predicted molar refractivity (Wildman–Crippen MR) is 168 cm³/mol. The number of benzene rings is 1. The number of Topliss-reactive ketones (excluding diaryl/α,β-unsaturated/α-hetero) is 4. The molecule has 0 aromatic heterocycles. The highest BCUT2D eigenvalue weighted by molar-refractivity contribution is 6.42. The van der Waals surface area contributed by atoms with Gasteiger partial charge in [0.15, 0.2) is 28.5 Å². The molecule has 1 spiro atoms. The minimum Gasteiger partial charge on any atom is -0.392 e. The Morgan fingerprint density at radius 3 is 2.14 bits per heavy atom. The zero-order valence-corrected chi connectivity index (χ0v) is 27.2. The monoisotopic (exact) mass is 584 g/mol. The Morgan fingerprint density at radius 2 is 1.56 bits per heavy atom. The normalized spacial score (nSPS) is 37.2. The minimum atomic E-state index is -2.01. The van der Waals surface area contributed by atoms with E-state index in [9.17, 15) is 9.90 Å². The maximum Gasteiger partial charge on any atom is 0.184 e. The first kappa shape index (κ1) is 31.5. The number of carbonyl (C=O) groups is 4. The van der Waals surface area contributed by atoms with Gasteiger partial charge in [0.2, 0.25) is 0 Å². The lowest BCUT2D eigenvalue weighted by molar-refractivity contribution is -0.245. The van der Waals surface area contributed by atoms with E-state index in [-0.39, 0.29) is 36.9 Å². The molecule has 0 radical (unpaired) electrons. The Balaban J connectivity index is 1.76. The maximum atomic E-state index is 15.3. The van der Waals surface area contributed by atoms with Crippen molar-refractivity contribution in [2.45, 2.75) is 93.6 Å². The number of rotatable bonds is 8. The number of hydrogen-bond acceptors (Lipinski definition) is 5. The van der Waals surface area contributed by atoms with Crippen LogP contribution < -0.4 is 0 Å². The van der Waals surface area contributed by atoms with E-state index >= 15 is 14.4 Å². The average molecular weight is 585 g/mol. The second kappa shape index (κ2) is 10.1. The van der Waals surface area contributed by atoms with E-state index in [2.05, 4.69) is 26.5 Å². The molecule has 5 fully saturated rings. The standard InChI is InChI=1S/C38H48O5/c1-22(2)14-13-15-24(5)18-19-36-20-27-28-30(40)34(6,7)26(23(3)4)21-37(28,31(36)41)33(43)38(32(36)42,35(27,8)9)29(39)25-16-11-10-12-17-25/h10-12,14,16-18,26-28,30,40H,3,13,15,19-21H2,1-2,4-9H3/t26-,27-,28-,30-,36+,37-,38+/m0/s1. The van der Waals surface area contributed by atoms with Crippen LogP contribution >= 0.6 is 0 Å². The second-order valence-electron chi connectivity index (χ2n) is 15.5. The van der Waals surface area contributed by atoms with E-state index in [0.717, 1.165) is 24.0 Å². The van der Waals surface area contributed by atoms with Crippen molar-refractivity contribution in [1.82, 2.24) is 0 Å². The molecular formula is C38H48O5. The fraction of sp³-hybridized carbons (Fsp3) is 0.579. The predicted octanol–water partition coefficient (Wildman–Crippen LogP) is 7.29. The third kappa shape index (κ3) is 3.85. The topological polar surface area (TPSA) is 88.5 Å². The van der Waals surface area contributed by atoms with Crippen LogP contribution in [-0.2, 0) is 14.4 Å². The van der Waals surface area contributed by atoms with E-state index < -0.39 is 56.4 Å². The highest BCUT2D eigenvalue weighted by atomic mass is 16.3. The van der Waals surface area contributed by atoms with Gasteiger partial charge in [-0.2, -0.15) is 0 Å². The Kier molecular flexibility index (Phi) is 7.37. The Hall–Kier alpha value is -2.92. The van der Waals surface area contributed by atoms with Gasteiger partial charge in [-0.3, -0.25) is 19.2 Å². The van der Waals surface area contributed by atoms with Gasteiger partial charge in [0.25, 0.3) is 0 Å². The van der Waals surface area contributed by atoms with Crippen molar-refractivity contribution >= 4 is 23.1 Å². The Bertz CT molecular complexity index is 1470. The fourth-order valence-electron chi connectivity index (χ4n) is 9.82. The largest absolute Gasteiger partial charge is 0.392 e. The highest BCUT2D eigenvalue weighted by Gasteiger charge is 2.89. The molecule has 4 bridgehead atoms. The molecule has 0 aliphatic heterocycles. The van der Waals surface area contributed by atoms with Crippen LogP contribution in [0.4, 0.5) is 0 Å². The summed E-state index contributed by atoms with van der Waals surface area (Å²) in [7, 11) is 0. The van der Waals surface area contributed by atoms with Crippen molar-refractivity contribution in [2.75, 3.05) is 0 Å². The highest BCUT2D eigenvalue weighted by Crippen LogP contribution is 2.78. The minimum absolute atomic E-state index is 0.167. The summed E-state index contributed by atoms with van der Waals surface area (Å²) < 4.78 is 0. The van der Waals surface area contributed by atoms with Gasteiger partial charge < -0.3 is 5.11 Å². The number of carbonyl (C=O) groups excluding carboxylic acids is 4. The van der Waals surface area contributed by atoms with Crippen LogP contribution in [0.2, 0.25) is 0 Å². The van der Waals surface area contributed by atoms with E-state index in [1.54, 1.807) is 30.3 Å². The Morgan fingerprint density at radius 1 is 0.930 bits per heavy atom. The molecular weight excluding hydrogens is 536 g/mol. The van der Waals surface area contributed by atoms with Crippen LogP contribution in [0, 0.1) is 44.8 Å². The summed E-state index contributed by atoms with van der Waals surface area (Å²) in [6.07, 6.45) is 5.41. The number of hydrogen-bond donors (Lipinski definition) is 1. The molecule has 0 saturated heterocycles. The van der Waals surface area contributed by atoms with Crippen molar-refractivity contribution in [3.63, 3.8) is 0 Å². The van der Waals surface area contributed by atoms with Crippen LogP contribution in [0.3, 0.4) is 0 Å². The van der Waals surface area contributed by atoms with Crippen molar-refractivity contribution in [3.8, 4) is 0 Å². The lowest BCUT2D eigenvalue weighted by atomic mass is 9.24. The number of aliphatic hydroxyl groups is 1. The fourth-order valence-corrected chi connectivity index (χ4v) is 9.82. The van der Waals surface area contributed by atoms with Crippen molar-refractivity contribution in [3.05, 3.63) is 71.3 Å². The van der Waals surface area contributed by atoms with Gasteiger partial charge in [-0.1, -0.05) is 93.5 Å². The van der Waals surface area contributed by atoms with Crippen molar-refractivity contribution in [2.24, 2.45) is 44.8 Å². The average Bonchev–Trinajstić information content (AvgIpc) is 2.93. The lowest BCUT2D eigenvalue weighted by Crippen LogP contribution is -2.86. The van der Waals surface area contributed by atoms with Crippen LogP contribution in [0.5, 0.6) is 0 Å². The van der Waals surface area contributed by atoms with E-state index in [1.165, 1.54) is 5.57 Å². The van der Waals surface area contributed by atoms with Crippen LogP contribution in [0.25, 0.3) is 0 Å². The van der Waals surface area contributed by atoms with Gasteiger partial charge in [0.05, 0.1) is 16.9 Å². The lowest BCUT2D eigenvalue weighted by Gasteiger charge is -2.74. The zero-order valence-electron chi connectivity index (χ0n) is 27.2. The van der Waals surface area contributed by atoms with E-state index in [4.69, 9.17) is 0 Å². The molecule has 5 aliphatic rings. The van der Waals surface area contributed by atoms with Crippen molar-refractivity contribution < 1.29 is 24.3 Å². The third-order valence-electron chi connectivity index (χ3n) is 12.2. The molecule has 5 aliphatic carbocycles. The summed E-state index contributed by atoms with van der Waals surface area (Å²) in [5.41, 5.74) is -3.46. The molecule has 5 saturated carbocycles. The quantitative estimate of drug-likeness (QED) is 0.197. The summed E-state index contributed by atoms with van der Waals surface area (Å²) in [5.74, 6) is -3.39. The van der Waals surface area contributed by atoms with Crippen LogP contribution in [0.15, 0.2) is 65.8 Å². The molecule has 1 aromatic carbocycles. The molecule has 1 N–H and O–H groups in total. The third-order valence-corrected chi connectivity index (χ3v) is 12.2. The summed E-state index contributed by atoms with van der Waals surface area (Å²) in [6, 6.07) is 8.58. The van der Waals surface area contributed by atoms with E-state index in [1.807, 2.05) is 47.6 Å². The molecule has 1 aromatic rings. The summed E-state index contributed by atoms with van der Waals surface area (Å²) in [6.45, 7) is 19.9. The zero-order chi connectivity index (χ0) is 31.9. The molecule has 5 nitrogen and oxygen atoms in total. The molecule has 230 valence electrons. The molecule has 5 heteroatoms. The number of aliphatic hydroxyl groups excluding tert-OH is 1. The molecule has 0 heterocycles. The summed E-state index contributed by atoms with van der Waals surface area (Å²) in [4.78, 5) is 60.2. The molecule has 0 unspecified atom stereocenters. The van der Waals surface area contributed by atoms with Gasteiger partial charge in [-0.25, -0.2) is 0 Å². The first-order valence-electron chi connectivity index (χ1n) is 15.8. The summed E-state index contributed by atoms with van der Waals surface area (Å²) >= 11 is 0. The van der Waals surface area contributed by atoms with Crippen molar-refractivity contribution in [1.29, 1.82) is 0 Å². The van der Waals surface area contributed by atoms with Gasteiger partial charge in [0.1, 0.15) is 0 Å². The number of ketones is 4. The van der Waals surface area contributed by atoms with Gasteiger partial charge >= 0.3 is 0 Å². The van der Waals surface area contributed by atoms with Gasteiger partial charge in [-0.15, -0.1) is 0 Å². The number of allylic oxidation sites excluding steroid dienone is 5. The Labute approximate surface area is 256 Å². The first-order chi connectivity index (χ1) is 20.0. The molecule has 6 rings (SSSR count). The van der Waals surface area contributed by atoms with Gasteiger partial charge in [0, 0.05) is 11.5 Å². The maximum absolute atomic E-state index is 15.3. The van der Waals surface area contributed by atoms with E-state index in [0.29, 0.717) is 5.56 Å². The molecule has 7 atom stereocenters. The second-order valence-corrected chi connectivity index (χ2v) is 15.5. The van der Waals surface area contributed by atoms with Crippen LogP contribution in [0.1, 0.15) is 97.9 Å². The smallest absolute Gasteiger partial charge is 0.184 e. The molecule has 0 amide bonds.